The zero-order chi connectivity index (χ0) is 41.1. The summed E-state index contributed by atoms with van der Waals surface area (Å²) >= 11 is 0. The van der Waals surface area contributed by atoms with Crippen molar-refractivity contribution in [2.75, 3.05) is 0 Å². The maximum atomic E-state index is 5.59. The minimum absolute atomic E-state index is 0.00259. The largest absolute Gasteiger partial charge is 0.468 e. The van der Waals surface area contributed by atoms with E-state index in [1.807, 2.05) is 0 Å². The molecular formula is C42H74N6O4. The van der Waals surface area contributed by atoms with Gasteiger partial charge in [-0.25, -0.2) is 4.63 Å². The second-order valence-electron chi connectivity index (χ2n) is 22.0. The van der Waals surface area contributed by atoms with E-state index in [4.69, 9.17) is 18.0 Å². The molecule has 0 aliphatic rings. The Labute approximate surface area is 316 Å². The van der Waals surface area contributed by atoms with Crippen LogP contribution in [-0.4, -0.2) is 30.7 Å². The van der Waals surface area contributed by atoms with Crippen LogP contribution in [0.2, 0.25) is 0 Å². The van der Waals surface area contributed by atoms with E-state index in [1.165, 1.54) is 5.56 Å². The molecule has 0 saturated carbocycles. The third-order valence-electron chi connectivity index (χ3n) is 7.51. The van der Waals surface area contributed by atoms with Crippen molar-refractivity contribution in [3.05, 3.63) is 58.5 Å². The summed E-state index contributed by atoms with van der Waals surface area (Å²) in [5.41, 5.74) is 3.31. The number of hydrogen-bond acceptors (Lipinski definition) is 10. The molecule has 0 aliphatic heterocycles. The summed E-state index contributed by atoms with van der Waals surface area (Å²) in [5, 5.41) is 20.0. The summed E-state index contributed by atoms with van der Waals surface area (Å²) in [6.07, 6.45) is 1.79. The monoisotopic (exact) mass is 727 g/mol. The number of nitrogens with zero attached hydrogens (tertiary/aromatic N) is 6. The molecule has 4 rings (SSSR count). The average molecular weight is 727 g/mol. The van der Waals surface area contributed by atoms with Gasteiger partial charge >= 0.3 is 0 Å². The molecule has 10 heteroatoms. The van der Waals surface area contributed by atoms with E-state index >= 15 is 0 Å². The van der Waals surface area contributed by atoms with Crippen molar-refractivity contribution >= 4 is 0 Å². The maximum absolute atomic E-state index is 5.59. The van der Waals surface area contributed by atoms with Crippen molar-refractivity contribution in [1.82, 2.24) is 30.7 Å². The quantitative estimate of drug-likeness (QED) is 0.172. The van der Waals surface area contributed by atoms with Gasteiger partial charge in [-0.2, -0.15) is 4.98 Å². The number of hydrogen-bond donors (Lipinski definition) is 0. The topological polar surface area (TPSA) is 130 Å². The lowest BCUT2D eigenvalue weighted by Gasteiger charge is -2.24. The van der Waals surface area contributed by atoms with Crippen molar-refractivity contribution < 1.29 is 18.0 Å². The highest BCUT2D eigenvalue weighted by Crippen LogP contribution is 2.35. The van der Waals surface area contributed by atoms with E-state index in [1.54, 1.807) is 6.26 Å². The Morgan fingerprint density at radius 1 is 0.423 bits per heavy atom. The molecule has 52 heavy (non-hydrogen) atoms. The summed E-state index contributed by atoms with van der Waals surface area (Å²) in [7, 11) is 0. The predicted octanol–water partition coefficient (Wildman–Crippen LogP) is 11.9. The second-order valence-corrected chi connectivity index (χ2v) is 22.0. The van der Waals surface area contributed by atoms with Crippen molar-refractivity contribution in [3.63, 3.8) is 0 Å². The lowest BCUT2D eigenvalue weighted by atomic mass is 9.80. The van der Waals surface area contributed by atoms with Gasteiger partial charge in [-0.05, 0) is 17.0 Å². The van der Waals surface area contributed by atoms with Gasteiger partial charge < -0.3 is 13.4 Å². The molecule has 0 amide bonds. The zero-order valence-electron chi connectivity index (χ0n) is 37.5. The van der Waals surface area contributed by atoms with E-state index in [9.17, 15) is 0 Å². The average Bonchev–Trinajstić information content (AvgIpc) is 3.72. The predicted molar refractivity (Wildman–Crippen MR) is 211 cm³/mol. The maximum Gasteiger partial charge on any atom is 0.232 e. The molecule has 0 N–H and O–H groups in total. The van der Waals surface area contributed by atoms with E-state index in [0.29, 0.717) is 17.7 Å². The smallest absolute Gasteiger partial charge is 0.232 e. The molecule has 4 aromatic heterocycles. The highest BCUT2D eigenvalue weighted by molar-refractivity contribution is 5.29. The molecule has 10 nitrogen and oxygen atoms in total. The van der Waals surface area contributed by atoms with Crippen LogP contribution < -0.4 is 0 Å². The van der Waals surface area contributed by atoms with Gasteiger partial charge in [0.25, 0.3) is 0 Å². The van der Waals surface area contributed by atoms with Crippen LogP contribution in [0.15, 0.2) is 30.3 Å². The van der Waals surface area contributed by atoms with Gasteiger partial charge in [-0.15, -0.1) is 10.2 Å². The zero-order valence-corrected chi connectivity index (χ0v) is 37.5. The molecule has 0 spiro atoms. The third-order valence-corrected chi connectivity index (χ3v) is 7.51. The number of aromatic nitrogens is 6. The van der Waals surface area contributed by atoms with Crippen LogP contribution in [0.4, 0.5) is 0 Å². The normalized spacial score (nSPS) is 13.4. The molecule has 0 unspecified atom stereocenters. The lowest BCUT2D eigenvalue weighted by molar-refractivity contribution is 0.290. The highest BCUT2D eigenvalue weighted by Gasteiger charge is 2.31. The van der Waals surface area contributed by atoms with Gasteiger partial charge in [0.05, 0.1) is 6.26 Å². The Hall–Kier alpha value is -3.30. The Morgan fingerprint density at radius 3 is 1.06 bits per heavy atom. The van der Waals surface area contributed by atoms with Crippen molar-refractivity contribution in [2.45, 2.75) is 209 Å². The van der Waals surface area contributed by atoms with Crippen LogP contribution in [0.25, 0.3) is 0 Å². The summed E-state index contributed by atoms with van der Waals surface area (Å²) in [6.45, 7) is 50.7. The van der Waals surface area contributed by atoms with Gasteiger partial charge in [0.2, 0.25) is 17.7 Å². The van der Waals surface area contributed by atoms with Crippen molar-refractivity contribution in [3.8, 4) is 0 Å². The second kappa shape index (κ2) is 16.0. The first-order valence-corrected chi connectivity index (χ1v) is 18.5. The molecular weight excluding hydrogens is 652 g/mol. The first kappa shape index (κ1) is 46.7. The Morgan fingerprint density at radius 2 is 0.827 bits per heavy atom. The van der Waals surface area contributed by atoms with Gasteiger partial charge in [-0.1, -0.05) is 182 Å². The Bertz CT molecular complexity index is 1410. The van der Waals surface area contributed by atoms with Gasteiger partial charge in [-0.3, -0.25) is 0 Å². The molecule has 0 saturated heterocycles. The van der Waals surface area contributed by atoms with Crippen molar-refractivity contribution in [1.29, 1.82) is 0 Å². The standard InChI is InChI=1S/C12H20O.3C10H18N2O/c1-11(2,3)9-7-8-13-10(9)12(4,5)6;1-9(2,3)7-11-12-8(13-7)10(4,5)6;1-9(2,3)7-11-8(13-12-7)10(4,5)6;1-9(2,3)7-8(10(4,5)6)12-13-11-7/h7-8H,1-6H3;3*1-6H3. The summed E-state index contributed by atoms with van der Waals surface area (Å²) in [5.74, 6) is 4.00. The minimum Gasteiger partial charge on any atom is -0.468 e. The third kappa shape index (κ3) is 14.3. The number of rotatable bonds is 0. The molecule has 4 heterocycles. The lowest BCUT2D eigenvalue weighted by Crippen LogP contribution is -2.21. The molecule has 4 aromatic rings. The molecule has 0 bridgehead atoms. The first-order valence-electron chi connectivity index (χ1n) is 18.5. The summed E-state index contributed by atoms with van der Waals surface area (Å²) < 4.78 is 21.1. The Balaban J connectivity index is 0.000000347. The van der Waals surface area contributed by atoms with E-state index in [-0.39, 0.29) is 43.3 Å². The molecule has 0 radical (unpaired) electrons. The first-order chi connectivity index (χ1) is 22.9. The van der Waals surface area contributed by atoms with E-state index < -0.39 is 0 Å². The summed E-state index contributed by atoms with van der Waals surface area (Å²) in [6, 6.07) is 2.08. The van der Waals surface area contributed by atoms with Crippen LogP contribution in [0, 0.1) is 0 Å². The fraction of sp³-hybridized carbons (Fsp3) is 0.762. The minimum atomic E-state index is -0.0590. The Kier molecular flexibility index (Phi) is 14.4. The molecule has 0 aliphatic carbocycles. The fourth-order valence-corrected chi connectivity index (χ4v) is 4.32. The van der Waals surface area contributed by atoms with Crippen LogP contribution in [0.5, 0.6) is 0 Å². The molecule has 296 valence electrons. The van der Waals surface area contributed by atoms with Crippen LogP contribution in [0.3, 0.4) is 0 Å². The van der Waals surface area contributed by atoms with Crippen LogP contribution in [-0.2, 0) is 43.3 Å². The van der Waals surface area contributed by atoms with Crippen molar-refractivity contribution in [2.24, 2.45) is 0 Å². The molecule has 0 fully saturated rings. The summed E-state index contributed by atoms with van der Waals surface area (Å²) in [4.78, 5) is 4.38. The van der Waals surface area contributed by atoms with Gasteiger partial charge in [0.1, 0.15) is 17.1 Å². The van der Waals surface area contributed by atoms with E-state index in [0.717, 1.165) is 23.0 Å². The van der Waals surface area contributed by atoms with Gasteiger partial charge in [0.15, 0.2) is 5.82 Å². The number of furan rings is 1. The van der Waals surface area contributed by atoms with Crippen LogP contribution >= 0.6 is 0 Å². The van der Waals surface area contributed by atoms with E-state index in [2.05, 4.69) is 203 Å². The highest BCUT2D eigenvalue weighted by atomic mass is 16.6. The van der Waals surface area contributed by atoms with Crippen LogP contribution in [0.1, 0.15) is 212 Å². The SMILES string of the molecule is CC(C)(C)c1ccoc1C(C)(C)C.CC(C)(C)c1nnc(C(C)(C)C)o1.CC(C)(C)c1noc(C(C)(C)C)n1.CC(C)(C)c1nonc1C(C)(C)C. The van der Waals surface area contributed by atoms with Gasteiger partial charge in [0, 0.05) is 37.9 Å². The molecule has 0 atom stereocenters. The molecule has 0 aromatic carbocycles. The fourth-order valence-electron chi connectivity index (χ4n) is 4.32.